The number of nitrogens with zero attached hydrogens (tertiary/aromatic N) is 1. The largest absolute Gasteiger partial charge is 0.494 e. The Morgan fingerprint density at radius 2 is 1.31 bits per heavy atom. The minimum absolute atomic E-state index is 0.586. The molecule has 0 bridgehead atoms. The van der Waals surface area contributed by atoms with Gasteiger partial charge in [-0.05, 0) is 100 Å². The maximum absolute atomic E-state index is 6.06. The molecule has 0 spiro atoms. The lowest BCUT2D eigenvalue weighted by atomic mass is 10.0. The zero-order valence-electron chi connectivity index (χ0n) is 20.4. The van der Waals surface area contributed by atoms with Crippen LogP contribution in [0.5, 0.6) is 17.2 Å². The fourth-order valence-corrected chi connectivity index (χ4v) is 3.53. The SMILES string of the molecule is C/C=C/COc1cc(C)c(OCCCCCOc2cc(C)c(C=NOC)c(C)c2)c(C)c1. The van der Waals surface area contributed by atoms with Crippen molar-refractivity contribution < 1.29 is 19.0 Å². The van der Waals surface area contributed by atoms with Crippen molar-refractivity contribution in [3.05, 3.63) is 64.2 Å². The second kappa shape index (κ2) is 13.5. The van der Waals surface area contributed by atoms with E-state index in [9.17, 15) is 0 Å². The lowest BCUT2D eigenvalue weighted by Crippen LogP contribution is -2.04. The van der Waals surface area contributed by atoms with Crippen molar-refractivity contribution >= 4 is 6.21 Å². The number of allylic oxidation sites excluding steroid dienone is 1. The van der Waals surface area contributed by atoms with Crippen LogP contribution in [0, 0.1) is 27.7 Å². The monoisotopic (exact) mass is 439 g/mol. The molecule has 2 aromatic rings. The highest BCUT2D eigenvalue weighted by atomic mass is 16.6. The molecule has 0 aliphatic heterocycles. The summed E-state index contributed by atoms with van der Waals surface area (Å²) in [5, 5.41) is 3.86. The molecule has 2 rings (SSSR count). The Balaban J connectivity index is 1.72. The summed E-state index contributed by atoms with van der Waals surface area (Å²) in [5.74, 6) is 2.74. The normalized spacial score (nSPS) is 11.3. The van der Waals surface area contributed by atoms with Crippen LogP contribution >= 0.6 is 0 Å². The summed E-state index contributed by atoms with van der Waals surface area (Å²) in [6, 6.07) is 8.17. The number of aryl methyl sites for hydroxylation is 4. The van der Waals surface area contributed by atoms with E-state index >= 15 is 0 Å². The summed E-state index contributed by atoms with van der Waals surface area (Å²) in [5.41, 5.74) is 5.53. The van der Waals surface area contributed by atoms with Crippen molar-refractivity contribution in [3.8, 4) is 17.2 Å². The Hall–Kier alpha value is -2.95. The Bertz CT molecular complexity index is 872. The molecule has 0 atom stereocenters. The van der Waals surface area contributed by atoms with E-state index in [1.54, 1.807) is 13.3 Å². The summed E-state index contributed by atoms with van der Waals surface area (Å²) in [6.45, 7) is 12.2. The van der Waals surface area contributed by atoms with Crippen LogP contribution in [0.3, 0.4) is 0 Å². The number of benzene rings is 2. The molecule has 0 unspecified atom stereocenters. The topological polar surface area (TPSA) is 49.3 Å². The van der Waals surface area contributed by atoms with Crippen molar-refractivity contribution in [3.63, 3.8) is 0 Å². The van der Waals surface area contributed by atoms with Crippen molar-refractivity contribution in [2.45, 2.75) is 53.9 Å². The summed E-state index contributed by atoms with van der Waals surface area (Å²) in [6.07, 6.45) is 8.76. The van der Waals surface area contributed by atoms with Gasteiger partial charge in [-0.15, -0.1) is 0 Å². The summed E-state index contributed by atoms with van der Waals surface area (Å²) in [7, 11) is 1.55. The maximum atomic E-state index is 6.06. The third-order valence-corrected chi connectivity index (χ3v) is 5.17. The number of ether oxygens (including phenoxy) is 3. The molecule has 0 aliphatic carbocycles. The van der Waals surface area contributed by atoms with E-state index in [1.807, 2.05) is 43.3 Å². The number of hydrogen-bond donors (Lipinski definition) is 0. The van der Waals surface area contributed by atoms with Gasteiger partial charge in [0.25, 0.3) is 0 Å². The maximum Gasteiger partial charge on any atom is 0.125 e. The lowest BCUT2D eigenvalue weighted by Gasteiger charge is -2.14. The van der Waals surface area contributed by atoms with Gasteiger partial charge in [-0.2, -0.15) is 0 Å². The predicted molar refractivity (Wildman–Crippen MR) is 132 cm³/mol. The molecular weight excluding hydrogens is 402 g/mol. The average Bonchev–Trinajstić information content (AvgIpc) is 2.74. The van der Waals surface area contributed by atoms with Gasteiger partial charge < -0.3 is 19.0 Å². The third kappa shape index (κ3) is 7.95. The molecule has 0 saturated carbocycles. The van der Waals surface area contributed by atoms with Crippen LogP contribution in [0.15, 0.2) is 41.6 Å². The zero-order chi connectivity index (χ0) is 23.3. The minimum atomic E-state index is 0.586. The molecule has 0 aromatic heterocycles. The highest BCUT2D eigenvalue weighted by Gasteiger charge is 2.08. The van der Waals surface area contributed by atoms with Gasteiger partial charge in [-0.3, -0.25) is 0 Å². The van der Waals surface area contributed by atoms with Gasteiger partial charge in [0.05, 0.1) is 19.4 Å². The molecule has 2 aromatic carbocycles. The van der Waals surface area contributed by atoms with E-state index in [-0.39, 0.29) is 0 Å². The van der Waals surface area contributed by atoms with Gasteiger partial charge in [0.1, 0.15) is 31.0 Å². The fraction of sp³-hybridized carbons (Fsp3) is 0.444. The molecule has 0 saturated heterocycles. The molecule has 0 N–H and O–H groups in total. The quantitative estimate of drug-likeness (QED) is 0.155. The molecular formula is C27H37NO4. The molecule has 5 heteroatoms. The first-order valence-electron chi connectivity index (χ1n) is 11.2. The highest BCUT2D eigenvalue weighted by Crippen LogP contribution is 2.29. The first kappa shape index (κ1) is 25.3. The van der Waals surface area contributed by atoms with Crippen molar-refractivity contribution in [2.24, 2.45) is 5.16 Å². The van der Waals surface area contributed by atoms with Crippen LogP contribution in [-0.4, -0.2) is 33.1 Å². The Labute approximate surface area is 193 Å². The van der Waals surface area contributed by atoms with Gasteiger partial charge in [-0.1, -0.05) is 17.3 Å². The Morgan fingerprint density at radius 1 is 0.750 bits per heavy atom. The van der Waals surface area contributed by atoms with Crippen LogP contribution < -0.4 is 14.2 Å². The first-order valence-corrected chi connectivity index (χ1v) is 11.2. The van der Waals surface area contributed by atoms with E-state index in [4.69, 9.17) is 19.0 Å². The molecule has 0 radical (unpaired) electrons. The van der Waals surface area contributed by atoms with Gasteiger partial charge in [0, 0.05) is 5.56 Å². The van der Waals surface area contributed by atoms with Crippen LogP contribution in [0.25, 0.3) is 0 Å². The van der Waals surface area contributed by atoms with Gasteiger partial charge >= 0.3 is 0 Å². The number of rotatable bonds is 13. The summed E-state index contributed by atoms with van der Waals surface area (Å²) >= 11 is 0. The van der Waals surface area contributed by atoms with Crippen molar-refractivity contribution in [1.82, 2.24) is 0 Å². The van der Waals surface area contributed by atoms with Gasteiger partial charge in [-0.25, -0.2) is 0 Å². The Morgan fingerprint density at radius 3 is 1.91 bits per heavy atom. The average molecular weight is 440 g/mol. The van der Waals surface area contributed by atoms with E-state index < -0.39 is 0 Å². The molecule has 0 fully saturated rings. The lowest BCUT2D eigenvalue weighted by molar-refractivity contribution is 0.215. The van der Waals surface area contributed by atoms with Gasteiger partial charge in [0.2, 0.25) is 0 Å². The van der Waals surface area contributed by atoms with Crippen molar-refractivity contribution in [2.75, 3.05) is 26.9 Å². The molecule has 0 heterocycles. The van der Waals surface area contributed by atoms with Gasteiger partial charge in [0.15, 0.2) is 0 Å². The Kier molecular flexibility index (Phi) is 10.6. The predicted octanol–water partition coefficient (Wildman–Crippen LogP) is 6.48. The smallest absolute Gasteiger partial charge is 0.125 e. The van der Waals surface area contributed by atoms with E-state index in [0.29, 0.717) is 19.8 Å². The summed E-state index contributed by atoms with van der Waals surface area (Å²) < 4.78 is 17.7. The van der Waals surface area contributed by atoms with E-state index in [0.717, 1.165) is 64.3 Å². The van der Waals surface area contributed by atoms with Crippen molar-refractivity contribution in [1.29, 1.82) is 0 Å². The third-order valence-electron chi connectivity index (χ3n) is 5.17. The number of unbranched alkanes of at least 4 members (excludes halogenated alkanes) is 2. The van der Waals surface area contributed by atoms with Crippen LogP contribution in [0.2, 0.25) is 0 Å². The minimum Gasteiger partial charge on any atom is -0.494 e. The number of hydrogen-bond acceptors (Lipinski definition) is 5. The first-order chi connectivity index (χ1) is 15.5. The molecule has 0 amide bonds. The van der Waals surface area contributed by atoms with Crippen LogP contribution in [-0.2, 0) is 4.84 Å². The molecule has 32 heavy (non-hydrogen) atoms. The van der Waals surface area contributed by atoms with E-state index in [1.165, 1.54) is 0 Å². The second-order valence-corrected chi connectivity index (χ2v) is 7.91. The zero-order valence-corrected chi connectivity index (χ0v) is 20.4. The molecule has 5 nitrogen and oxygen atoms in total. The molecule has 0 aliphatic rings. The van der Waals surface area contributed by atoms with Crippen LogP contribution in [0.1, 0.15) is 54.0 Å². The van der Waals surface area contributed by atoms with E-state index in [2.05, 4.69) is 32.9 Å². The fourth-order valence-electron chi connectivity index (χ4n) is 3.53. The molecule has 174 valence electrons. The standard InChI is InChI=1S/C27H37NO4/c1-7-8-12-30-25-17-22(4)27(23(5)18-25)32-14-11-9-10-13-31-24-15-20(2)26(19-28-29-6)21(3)16-24/h7-8,15-19H,9-14H2,1-6H3/b8-7+,28-19?. The highest BCUT2D eigenvalue weighted by molar-refractivity contribution is 5.83. The summed E-state index contributed by atoms with van der Waals surface area (Å²) in [4.78, 5) is 4.78. The second-order valence-electron chi connectivity index (χ2n) is 7.91. The number of oxime groups is 1. The van der Waals surface area contributed by atoms with Crippen LogP contribution in [0.4, 0.5) is 0 Å².